The normalized spacial score (nSPS) is 48.3. The molecule has 6 nitrogen and oxygen atoms in total. The Hall–Kier alpha value is -1.14. The monoisotopic (exact) mass is 444 g/mol. The Bertz CT molecular complexity index is 833. The van der Waals surface area contributed by atoms with Crippen molar-refractivity contribution in [1.29, 1.82) is 0 Å². The van der Waals surface area contributed by atoms with Gasteiger partial charge in [-0.2, -0.15) is 0 Å². The number of nitrogens with zero attached hydrogens (tertiary/aromatic N) is 1. The molecule has 6 aliphatic rings. The fourth-order valence-electron chi connectivity index (χ4n) is 9.47. The minimum Gasteiger partial charge on any atom is -0.422 e. The lowest BCUT2D eigenvalue weighted by Crippen LogP contribution is -2.74. The van der Waals surface area contributed by atoms with Gasteiger partial charge >= 0.3 is 11.9 Å². The number of cyclic esters (lactones) is 2. The lowest BCUT2D eigenvalue weighted by Gasteiger charge is -2.60. The van der Waals surface area contributed by atoms with E-state index in [1.54, 1.807) is 13.8 Å². The zero-order valence-corrected chi connectivity index (χ0v) is 20.4. The van der Waals surface area contributed by atoms with Crippen LogP contribution in [0.15, 0.2) is 0 Å². The zero-order chi connectivity index (χ0) is 22.7. The predicted molar refractivity (Wildman–Crippen MR) is 119 cm³/mol. The topological polar surface area (TPSA) is 67.9 Å². The van der Waals surface area contributed by atoms with Crippen LogP contribution in [0, 0.1) is 28.1 Å². The molecule has 32 heavy (non-hydrogen) atoms. The molecule has 6 rings (SSSR count). The van der Waals surface area contributed by atoms with Crippen molar-refractivity contribution < 1.29 is 19.1 Å². The molecule has 2 saturated carbocycles. The number of fused-ring (bicyclic) bond motifs is 9. The predicted octanol–water partition coefficient (Wildman–Crippen LogP) is 3.98. The van der Waals surface area contributed by atoms with E-state index in [1.807, 2.05) is 0 Å². The zero-order valence-electron chi connectivity index (χ0n) is 20.4. The van der Waals surface area contributed by atoms with E-state index in [9.17, 15) is 9.59 Å². The second-order valence-electron chi connectivity index (χ2n) is 13.5. The molecule has 1 N–H and O–H groups in total. The van der Waals surface area contributed by atoms with Gasteiger partial charge in [-0.25, -0.2) is 0 Å². The number of carbonyl (C=O) groups is 2. The van der Waals surface area contributed by atoms with Crippen LogP contribution in [0.5, 0.6) is 0 Å². The molecule has 6 fully saturated rings. The molecular formula is C26H40N2O4. The third-order valence-electron chi connectivity index (χ3n) is 9.88. The van der Waals surface area contributed by atoms with Crippen LogP contribution in [-0.4, -0.2) is 46.9 Å². The summed E-state index contributed by atoms with van der Waals surface area (Å²) in [5, 5.41) is 4.08. The Morgan fingerprint density at radius 2 is 1.59 bits per heavy atom. The van der Waals surface area contributed by atoms with Crippen molar-refractivity contribution in [3.8, 4) is 0 Å². The van der Waals surface area contributed by atoms with Crippen molar-refractivity contribution in [1.82, 2.24) is 10.2 Å². The summed E-state index contributed by atoms with van der Waals surface area (Å²) in [6.07, 6.45) is 10.2. The van der Waals surface area contributed by atoms with Gasteiger partial charge in [0, 0.05) is 32.0 Å². The number of piperidine rings is 2. The number of carbonyl (C=O) groups excluding carboxylic acids is 2. The smallest absolute Gasteiger partial charge is 0.328 e. The molecule has 2 aliphatic carbocycles. The SMILES string of the molecule is CC1(C)C[C@H]2C[C@@](C)(C1)[C@@H]1N2C2NC3CCCCC3CC2CC12C(=O)OC(C)(C)OC2=O. The first kappa shape index (κ1) is 21.4. The lowest BCUT2D eigenvalue weighted by molar-refractivity contribution is -0.266. The van der Waals surface area contributed by atoms with Gasteiger partial charge in [-0.05, 0) is 67.6 Å². The summed E-state index contributed by atoms with van der Waals surface area (Å²) in [6, 6.07) is 0.804. The molecule has 4 unspecified atom stereocenters. The average Bonchev–Trinajstić information content (AvgIpc) is 2.90. The van der Waals surface area contributed by atoms with E-state index in [4.69, 9.17) is 9.47 Å². The van der Waals surface area contributed by atoms with Crippen LogP contribution >= 0.6 is 0 Å². The second kappa shape index (κ2) is 6.50. The van der Waals surface area contributed by atoms with Gasteiger partial charge in [0.05, 0.1) is 6.17 Å². The first-order valence-corrected chi connectivity index (χ1v) is 12.9. The fourth-order valence-corrected chi connectivity index (χ4v) is 9.47. The third-order valence-corrected chi connectivity index (χ3v) is 9.88. The Balaban J connectivity index is 1.47. The van der Waals surface area contributed by atoms with Gasteiger partial charge < -0.3 is 9.47 Å². The van der Waals surface area contributed by atoms with E-state index in [1.165, 1.54) is 25.7 Å². The van der Waals surface area contributed by atoms with E-state index in [2.05, 4.69) is 31.0 Å². The van der Waals surface area contributed by atoms with Gasteiger partial charge in [0.15, 0.2) is 5.41 Å². The quantitative estimate of drug-likeness (QED) is 0.450. The average molecular weight is 445 g/mol. The van der Waals surface area contributed by atoms with Gasteiger partial charge in [0.2, 0.25) is 0 Å². The van der Waals surface area contributed by atoms with Crippen molar-refractivity contribution in [2.24, 2.45) is 28.1 Å². The number of esters is 2. The maximum atomic E-state index is 13.8. The molecule has 0 aromatic rings. The van der Waals surface area contributed by atoms with Crippen molar-refractivity contribution in [3.05, 3.63) is 0 Å². The highest BCUT2D eigenvalue weighted by molar-refractivity contribution is 6.03. The molecule has 0 aromatic heterocycles. The number of rotatable bonds is 0. The number of ether oxygens (including phenoxy) is 2. The van der Waals surface area contributed by atoms with Gasteiger partial charge in [-0.1, -0.05) is 33.6 Å². The summed E-state index contributed by atoms with van der Waals surface area (Å²) in [6.45, 7) is 10.4. The largest absolute Gasteiger partial charge is 0.422 e. The molecule has 0 amide bonds. The summed E-state index contributed by atoms with van der Waals surface area (Å²) in [7, 11) is 0. The molecular weight excluding hydrogens is 404 g/mol. The molecule has 0 radical (unpaired) electrons. The van der Waals surface area contributed by atoms with Crippen LogP contribution in [0.25, 0.3) is 0 Å². The standard InChI is InChI=1S/C26H40N2O4/c1-23(2)12-17-13-25(5,14-23)20-26(21(29)31-24(3,4)32-22(26)30)11-16-10-15-8-6-7-9-18(15)27-19(16)28(17)20/h15-20,27H,6-14H2,1-5H3/t15?,16?,17-,18?,19?,20-,25-/m0/s1. The van der Waals surface area contributed by atoms with Gasteiger partial charge in [-0.15, -0.1) is 0 Å². The number of nitrogens with one attached hydrogen (secondary N) is 1. The molecule has 2 bridgehead atoms. The summed E-state index contributed by atoms with van der Waals surface area (Å²) in [5.74, 6) is -0.944. The van der Waals surface area contributed by atoms with Crippen LogP contribution in [0.2, 0.25) is 0 Å². The summed E-state index contributed by atoms with van der Waals surface area (Å²) in [5.41, 5.74) is -1.12. The molecule has 4 aliphatic heterocycles. The maximum absolute atomic E-state index is 13.8. The molecule has 7 atom stereocenters. The first-order chi connectivity index (χ1) is 14.9. The summed E-state index contributed by atoms with van der Waals surface area (Å²) >= 11 is 0. The Labute approximate surface area is 192 Å². The van der Waals surface area contributed by atoms with Crippen LogP contribution in [0.1, 0.15) is 92.4 Å². The molecule has 4 saturated heterocycles. The van der Waals surface area contributed by atoms with E-state index in [-0.39, 0.29) is 40.9 Å². The Morgan fingerprint density at radius 1 is 0.906 bits per heavy atom. The van der Waals surface area contributed by atoms with Crippen molar-refractivity contribution in [2.45, 2.75) is 122 Å². The van der Waals surface area contributed by atoms with Crippen LogP contribution in [0.4, 0.5) is 0 Å². The van der Waals surface area contributed by atoms with Gasteiger partial charge in [0.25, 0.3) is 5.79 Å². The maximum Gasteiger partial charge on any atom is 0.328 e. The number of hydrogen-bond acceptors (Lipinski definition) is 6. The van der Waals surface area contributed by atoms with E-state index in [0.717, 1.165) is 25.7 Å². The summed E-state index contributed by atoms with van der Waals surface area (Å²) < 4.78 is 11.7. The molecule has 4 heterocycles. The third kappa shape index (κ3) is 2.84. The highest BCUT2D eigenvalue weighted by atomic mass is 16.7. The van der Waals surface area contributed by atoms with E-state index < -0.39 is 11.2 Å². The molecule has 178 valence electrons. The molecule has 1 spiro atoms. The molecule has 6 heteroatoms. The van der Waals surface area contributed by atoms with Crippen LogP contribution in [0.3, 0.4) is 0 Å². The van der Waals surface area contributed by atoms with Crippen molar-refractivity contribution >= 4 is 11.9 Å². The number of hydrogen-bond donors (Lipinski definition) is 1. The summed E-state index contributed by atoms with van der Waals surface area (Å²) in [4.78, 5) is 30.2. The first-order valence-electron chi connectivity index (χ1n) is 12.9. The van der Waals surface area contributed by atoms with E-state index >= 15 is 0 Å². The highest BCUT2D eigenvalue weighted by Gasteiger charge is 2.74. The Kier molecular flexibility index (Phi) is 4.35. The second-order valence-corrected chi connectivity index (χ2v) is 13.5. The highest BCUT2D eigenvalue weighted by Crippen LogP contribution is 2.65. The van der Waals surface area contributed by atoms with Gasteiger partial charge in [0.1, 0.15) is 0 Å². The van der Waals surface area contributed by atoms with Crippen LogP contribution in [-0.2, 0) is 19.1 Å². The van der Waals surface area contributed by atoms with Crippen molar-refractivity contribution in [3.63, 3.8) is 0 Å². The van der Waals surface area contributed by atoms with Crippen LogP contribution < -0.4 is 5.32 Å². The van der Waals surface area contributed by atoms with E-state index in [0.29, 0.717) is 24.4 Å². The minimum atomic E-state index is -1.20. The fraction of sp³-hybridized carbons (Fsp3) is 0.923. The van der Waals surface area contributed by atoms with Crippen molar-refractivity contribution in [2.75, 3.05) is 0 Å². The lowest BCUT2D eigenvalue weighted by atomic mass is 9.55. The minimum absolute atomic E-state index is 0.109. The van der Waals surface area contributed by atoms with Gasteiger partial charge in [-0.3, -0.25) is 19.8 Å². The molecule has 0 aromatic carbocycles. The Morgan fingerprint density at radius 3 is 2.31 bits per heavy atom.